The first-order valence-corrected chi connectivity index (χ1v) is 4.60. The van der Waals surface area contributed by atoms with Crippen LogP contribution in [0.3, 0.4) is 0 Å². The summed E-state index contributed by atoms with van der Waals surface area (Å²) in [5, 5.41) is 0. The van der Waals surface area contributed by atoms with Crippen LogP contribution in [-0.4, -0.2) is 0 Å². The molecule has 0 aliphatic rings. The Morgan fingerprint density at radius 1 is 1.00 bits per heavy atom. The van der Waals surface area contributed by atoms with Crippen molar-refractivity contribution in [3.05, 3.63) is 24.8 Å². The van der Waals surface area contributed by atoms with Crippen molar-refractivity contribution in [2.75, 3.05) is 0 Å². The lowest BCUT2D eigenvalue weighted by molar-refractivity contribution is 0.805. The summed E-state index contributed by atoms with van der Waals surface area (Å²) in [6.45, 7) is 7.46. The molecule has 0 saturated heterocycles. The fraction of sp³-hybridized carbons (Fsp3) is 0.636. The fourth-order valence-corrected chi connectivity index (χ4v) is 0.911. The summed E-state index contributed by atoms with van der Waals surface area (Å²) >= 11 is 0. The minimum atomic E-state index is 1.04. The van der Waals surface area contributed by atoms with E-state index in [9.17, 15) is 0 Å². The highest BCUT2D eigenvalue weighted by Crippen LogP contribution is 2.00. The summed E-state index contributed by atoms with van der Waals surface area (Å²) < 4.78 is 0. The molecule has 0 fully saturated rings. The van der Waals surface area contributed by atoms with E-state index < -0.39 is 0 Å². The highest BCUT2D eigenvalue weighted by molar-refractivity contribution is 4.81. The molecule has 0 aromatic heterocycles. The molecule has 0 bridgehead atoms. The molecule has 0 aliphatic carbocycles. The summed E-state index contributed by atoms with van der Waals surface area (Å²) in [7, 11) is 0. The van der Waals surface area contributed by atoms with Crippen LogP contribution in [0.4, 0.5) is 0 Å². The highest BCUT2D eigenvalue weighted by Gasteiger charge is 1.80. The van der Waals surface area contributed by atoms with Crippen LogP contribution in [0, 0.1) is 6.58 Å². The summed E-state index contributed by atoms with van der Waals surface area (Å²) in [6, 6.07) is 0. The predicted octanol–water partition coefficient (Wildman–Crippen LogP) is 3.89. The second kappa shape index (κ2) is 9.48. The fourth-order valence-electron chi connectivity index (χ4n) is 0.911. The van der Waals surface area contributed by atoms with Crippen molar-refractivity contribution < 1.29 is 0 Å². The van der Waals surface area contributed by atoms with Crippen LogP contribution in [0.5, 0.6) is 0 Å². The zero-order chi connectivity index (χ0) is 8.36. The molecule has 11 heavy (non-hydrogen) atoms. The van der Waals surface area contributed by atoms with Gasteiger partial charge in [-0.3, -0.25) is 0 Å². The second-order valence-corrected chi connectivity index (χ2v) is 2.78. The van der Waals surface area contributed by atoms with Crippen molar-refractivity contribution in [2.24, 2.45) is 0 Å². The van der Waals surface area contributed by atoms with Gasteiger partial charge in [-0.15, -0.1) is 0 Å². The lowest BCUT2D eigenvalue weighted by Gasteiger charge is -1.90. The molecule has 0 rings (SSSR count). The third kappa shape index (κ3) is 9.48. The van der Waals surface area contributed by atoms with Crippen molar-refractivity contribution in [3.8, 4) is 0 Å². The molecule has 0 aromatic rings. The normalized spacial score (nSPS) is 10.6. The van der Waals surface area contributed by atoms with E-state index in [1.165, 1.54) is 32.1 Å². The molecule has 63 valence electrons. The summed E-state index contributed by atoms with van der Waals surface area (Å²) in [5.41, 5.74) is 0. The summed E-state index contributed by atoms with van der Waals surface area (Å²) in [4.78, 5) is 0. The lowest BCUT2D eigenvalue weighted by Crippen LogP contribution is -1.69. The number of unbranched alkanes of at least 4 members (excludes halogenated alkanes) is 4. The Balaban J connectivity index is 2.97. The monoisotopic (exact) mass is 151 g/mol. The Labute approximate surface area is 71.0 Å². The number of hydrogen-bond acceptors (Lipinski definition) is 0. The molecule has 0 saturated carbocycles. The number of hydrogen-bond donors (Lipinski definition) is 0. The van der Waals surface area contributed by atoms with Gasteiger partial charge in [0.25, 0.3) is 0 Å². The van der Waals surface area contributed by atoms with Gasteiger partial charge in [0.05, 0.1) is 0 Å². The van der Waals surface area contributed by atoms with Crippen molar-refractivity contribution in [1.82, 2.24) is 0 Å². The van der Waals surface area contributed by atoms with E-state index in [0.717, 1.165) is 6.42 Å². The molecule has 1 radical (unpaired) electrons. The maximum absolute atomic E-state index is 5.24. The van der Waals surface area contributed by atoms with Crippen LogP contribution >= 0.6 is 0 Å². The van der Waals surface area contributed by atoms with Crippen LogP contribution in [0.25, 0.3) is 0 Å². The van der Waals surface area contributed by atoms with E-state index in [0.29, 0.717) is 0 Å². The molecule has 0 unspecified atom stereocenters. The van der Waals surface area contributed by atoms with Crippen LogP contribution in [0.1, 0.15) is 45.4 Å². The van der Waals surface area contributed by atoms with Crippen LogP contribution in [0.2, 0.25) is 0 Å². The van der Waals surface area contributed by atoms with Gasteiger partial charge in [-0.05, 0) is 25.7 Å². The minimum Gasteiger partial charge on any atom is -0.0885 e. The Kier molecular flexibility index (Phi) is 9.03. The maximum atomic E-state index is 5.24. The molecular weight excluding hydrogens is 132 g/mol. The zero-order valence-corrected chi connectivity index (χ0v) is 7.55. The number of allylic oxidation sites excluding steroid dienone is 3. The molecular formula is C11H19. The quantitative estimate of drug-likeness (QED) is 0.382. The molecule has 0 nitrogen and oxygen atoms in total. The van der Waals surface area contributed by atoms with Gasteiger partial charge in [0, 0.05) is 0 Å². The van der Waals surface area contributed by atoms with E-state index in [1.807, 2.05) is 0 Å². The van der Waals surface area contributed by atoms with Gasteiger partial charge in [-0.25, -0.2) is 0 Å². The molecule has 0 amide bonds. The lowest BCUT2D eigenvalue weighted by atomic mass is 10.2. The first-order valence-electron chi connectivity index (χ1n) is 4.60. The standard InChI is InChI=1S/C11H19/c1-3-5-7-9-11-10-8-6-4-2/h1,3,10-11H,4-9H2,2H3. The summed E-state index contributed by atoms with van der Waals surface area (Å²) in [5.74, 6) is 0. The van der Waals surface area contributed by atoms with Crippen molar-refractivity contribution in [2.45, 2.75) is 45.4 Å². The van der Waals surface area contributed by atoms with Gasteiger partial charge >= 0.3 is 0 Å². The minimum absolute atomic E-state index is 1.04. The smallest absolute Gasteiger partial charge is 0.0345 e. The van der Waals surface area contributed by atoms with E-state index in [-0.39, 0.29) is 0 Å². The van der Waals surface area contributed by atoms with Gasteiger partial charge < -0.3 is 0 Å². The van der Waals surface area contributed by atoms with E-state index in [4.69, 9.17) is 6.58 Å². The van der Waals surface area contributed by atoms with Crippen LogP contribution in [-0.2, 0) is 0 Å². The Hall–Kier alpha value is -0.520. The average Bonchev–Trinajstić information content (AvgIpc) is 2.03. The largest absolute Gasteiger partial charge is 0.0885 e. The molecule has 0 atom stereocenters. The highest BCUT2D eigenvalue weighted by atomic mass is 13.9. The average molecular weight is 151 g/mol. The molecule has 0 heteroatoms. The topological polar surface area (TPSA) is 0 Å². The molecule has 0 spiro atoms. The maximum Gasteiger partial charge on any atom is -0.0345 e. The van der Waals surface area contributed by atoms with Gasteiger partial charge in [0.15, 0.2) is 0 Å². The van der Waals surface area contributed by atoms with Gasteiger partial charge in [0.2, 0.25) is 0 Å². The van der Waals surface area contributed by atoms with E-state index >= 15 is 0 Å². The van der Waals surface area contributed by atoms with Crippen LogP contribution in [0.15, 0.2) is 18.2 Å². The van der Waals surface area contributed by atoms with Crippen LogP contribution < -0.4 is 0 Å². The Morgan fingerprint density at radius 2 is 1.64 bits per heavy atom. The molecule has 0 aliphatic heterocycles. The van der Waals surface area contributed by atoms with Gasteiger partial charge in [-0.1, -0.05) is 44.6 Å². The third-order valence-electron chi connectivity index (χ3n) is 1.63. The predicted molar refractivity (Wildman–Crippen MR) is 51.4 cm³/mol. The first kappa shape index (κ1) is 10.5. The van der Waals surface area contributed by atoms with Crippen molar-refractivity contribution >= 4 is 0 Å². The zero-order valence-electron chi connectivity index (χ0n) is 7.55. The second-order valence-electron chi connectivity index (χ2n) is 2.78. The van der Waals surface area contributed by atoms with Gasteiger partial charge in [-0.2, -0.15) is 0 Å². The SMILES string of the molecule is [CH]=CCCCC=CCCCC. The first-order chi connectivity index (χ1) is 5.41. The summed E-state index contributed by atoms with van der Waals surface area (Å²) in [6.07, 6.45) is 13.5. The van der Waals surface area contributed by atoms with Crippen molar-refractivity contribution in [3.63, 3.8) is 0 Å². The number of rotatable bonds is 7. The Bertz CT molecular complexity index is 101. The van der Waals surface area contributed by atoms with E-state index in [2.05, 4.69) is 19.1 Å². The third-order valence-corrected chi connectivity index (χ3v) is 1.63. The van der Waals surface area contributed by atoms with Gasteiger partial charge in [0.1, 0.15) is 0 Å². The Morgan fingerprint density at radius 3 is 2.18 bits per heavy atom. The van der Waals surface area contributed by atoms with Crippen molar-refractivity contribution in [1.29, 1.82) is 0 Å². The molecule has 0 aromatic carbocycles. The molecule has 0 heterocycles. The van der Waals surface area contributed by atoms with E-state index in [1.54, 1.807) is 6.08 Å². The molecule has 0 N–H and O–H groups in total.